The van der Waals surface area contributed by atoms with Crippen molar-refractivity contribution in [1.82, 2.24) is 4.98 Å². The van der Waals surface area contributed by atoms with Crippen molar-refractivity contribution < 1.29 is 23.0 Å². The quantitative estimate of drug-likeness (QED) is 0.659. The second-order valence-electron chi connectivity index (χ2n) is 5.70. The highest BCUT2D eigenvalue weighted by atomic mass is 19.1. The highest BCUT2D eigenvalue weighted by molar-refractivity contribution is 6.03. The standard InChI is InChI=1S/C20H17F2N3O3/c1-27-14-5-8-19(28-2)18(10-14)24-13-4-7-17(23-11-13)20(26)25-16-6-3-12(21)9-15(16)22/h3-11,24H,1-2H3,(H,25,26). The maximum atomic E-state index is 13.7. The van der Waals surface area contributed by atoms with Crippen LogP contribution in [0.15, 0.2) is 54.7 Å². The Hall–Kier alpha value is -3.68. The Morgan fingerprint density at radius 3 is 2.43 bits per heavy atom. The fourth-order valence-electron chi connectivity index (χ4n) is 2.45. The molecular formula is C20H17F2N3O3. The summed E-state index contributed by atoms with van der Waals surface area (Å²) in [6, 6.07) is 11.3. The molecule has 0 fully saturated rings. The molecule has 3 rings (SSSR count). The van der Waals surface area contributed by atoms with E-state index in [1.165, 1.54) is 12.3 Å². The van der Waals surface area contributed by atoms with Crippen LogP contribution >= 0.6 is 0 Å². The van der Waals surface area contributed by atoms with Gasteiger partial charge in [-0.05, 0) is 36.4 Å². The van der Waals surface area contributed by atoms with E-state index in [2.05, 4.69) is 15.6 Å². The first-order valence-electron chi connectivity index (χ1n) is 8.21. The smallest absolute Gasteiger partial charge is 0.274 e. The molecule has 0 radical (unpaired) electrons. The van der Waals surface area contributed by atoms with Crippen molar-refractivity contribution >= 4 is 23.0 Å². The van der Waals surface area contributed by atoms with Gasteiger partial charge < -0.3 is 20.1 Å². The van der Waals surface area contributed by atoms with E-state index < -0.39 is 17.5 Å². The van der Waals surface area contributed by atoms with Crippen LogP contribution in [0.25, 0.3) is 0 Å². The van der Waals surface area contributed by atoms with Crippen LogP contribution in [0.1, 0.15) is 10.5 Å². The van der Waals surface area contributed by atoms with Gasteiger partial charge in [0.1, 0.15) is 28.8 Å². The van der Waals surface area contributed by atoms with Crippen LogP contribution in [-0.4, -0.2) is 25.1 Å². The Balaban J connectivity index is 1.74. The monoisotopic (exact) mass is 385 g/mol. The number of halogens is 2. The highest BCUT2D eigenvalue weighted by Crippen LogP contribution is 2.31. The number of aromatic nitrogens is 1. The number of ether oxygens (including phenoxy) is 2. The van der Waals surface area contributed by atoms with Crippen molar-refractivity contribution in [2.24, 2.45) is 0 Å². The lowest BCUT2D eigenvalue weighted by Gasteiger charge is -2.13. The molecular weight excluding hydrogens is 368 g/mol. The van der Waals surface area contributed by atoms with E-state index in [0.717, 1.165) is 12.1 Å². The zero-order valence-electron chi connectivity index (χ0n) is 15.1. The molecule has 0 aliphatic heterocycles. The molecule has 2 N–H and O–H groups in total. The van der Waals surface area contributed by atoms with Crippen LogP contribution in [0.5, 0.6) is 11.5 Å². The zero-order valence-corrected chi connectivity index (χ0v) is 15.1. The number of carbonyl (C=O) groups excluding carboxylic acids is 1. The molecule has 1 heterocycles. The van der Waals surface area contributed by atoms with Crippen LogP contribution < -0.4 is 20.1 Å². The van der Waals surface area contributed by atoms with Crippen molar-refractivity contribution in [2.75, 3.05) is 24.9 Å². The number of hydrogen-bond acceptors (Lipinski definition) is 5. The second-order valence-corrected chi connectivity index (χ2v) is 5.70. The number of pyridine rings is 1. The van der Waals surface area contributed by atoms with Crippen LogP contribution in [-0.2, 0) is 0 Å². The summed E-state index contributed by atoms with van der Waals surface area (Å²) >= 11 is 0. The van der Waals surface area contributed by atoms with Gasteiger partial charge in [-0.1, -0.05) is 0 Å². The molecule has 1 amide bonds. The minimum Gasteiger partial charge on any atom is -0.497 e. The lowest BCUT2D eigenvalue weighted by Crippen LogP contribution is -2.14. The Bertz CT molecular complexity index is 994. The van der Waals surface area contributed by atoms with Crippen LogP contribution in [0, 0.1) is 11.6 Å². The maximum absolute atomic E-state index is 13.7. The summed E-state index contributed by atoms with van der Waals surface area (Å²) in [6.07, 6.45) is 1.45. The van der Waals surface area contributed by atoms with E-state index in [9.17, 15) is 13.6 Å². The Morgan fingerprint density at radius 2 is 1.79 bits per heavy atom. The predicted molar refractivity (Wildman–Crippen MR) is 101 cm³/mol. The minimum atomic E-state index is -0.864. The summed E-state index contributed by atoms with van der Waals surface area (Å²) in [6.45, 7) is 0. The van der Waals surface area contributed by atoms with Gasteiger partial charge in [-0.3, -0.25) is 4.79 Å². The lowest BCUT2D eigenvalue weighted by molar-refractivity contribution is 0.102. The zero-order chi connectivity index (χ0) is 20.1. The molecule has 0 aliphatic carbocycles. The van der Waals surface area contributed by atoms with Gasteiger partial charge in [0.25, 0.3) is 5.91 Å². The molecule has 0 aliphatic rings. The van der Waals surface area contributed by atoms with E-state index >= 15 is 0 Å². The molecule has 0 saturated heterocycles. The fourth-order valence-corrected chi connectivity index (χ4v) is 2.45. The lowest BCUT2D eigenvalue weighted by atomic mass is 10.2. The van der Waals surface area contributed by atoms with Gasteiger partial charge in [0.2, 0.25) is 0 Å². The molecule has 0 unspecified atom stereocenters. The van der Waals surface area contributed by atoms with E-state index in [1.54, 1.807) is 38.5 Å². The summed E-state index contributed by atoms with van der Waals surface area (Å²) < 4.78 is 37.1. The third-order valence-corrected chi connectivity index (χ3v) is 3.86. The second kappa shape index (κ2) is 8.34. The number of anilines is 3. The number of methoxy groups -OCH3 is 2. The maximum Gasteiger partial charge on any atom is 0.274 e. The number of rotatable bonds is 6. The molecule has 2 aromatic carbocycles. The van der Waals surface area contributed by atoms with Gasteiger partial charge in [0.15, 0.2) is 0 Å². The first-order valence-corrected chi connectivity index (χ1v) is 8.21. The molecule has 0 atom stereocenters. The third kappa shape index (κ3) is 4.35. The van der Waals surface area contributed by atoms with Crippen LogP contribution in [0.4, 0.5) is 25.8 Å². The molecule has 1 aromatic heterocycles. The molecule has 3 aromatic rings. The molecule has 28 heavy (non-hydrogen) atoms. The number of nitrogens with zero attached hydrogens (tertiary/aromatic N) is 1. The van der Waals surface area contributed by atoms with Gasteiger partial charge >= 0.3 is 0 Å². The first-order chi connectivity index (χ1) is 13.5. The topological polar surface area (TPSA) is 72.5 Å². The highest BCUT2D eigenvalue weighted by Gasteiger charge is 2.12. The molecule has 8 heteroatoms. The van der Waals surface area contributed by atoms with Gasteiger partial charge in [-0.15, -0.1) is 0 Å². The number of nitrogens with one attached hydrogen (secondary N) is 2. The van der Waals surface area contributed by atoms with Crippen molar-refractivity contribution in [2.45, 2.75) is 0 Å². The Morgan fingerprint density at radius 1 is 0.964 bits per heavy atom. The number of benzene rings is 2. The average molecular weight is 385 g/mol. The average Bonchev–Trinajstić information content (AvgIpc) is 2.70. The molecule has 0 spiro atoms. The van der Waals surface area contributed by atoms with Crippen molar-refractivity contribution in [3.63, 3.8) is 0 Å². The number of amides is 1. The first kappa shape index (κ1) is 19.1. The van der Waals surface area contributed by atoms with Crippen molar-refractivity contribution in [3.05, 3.63) is 72.1 Å². The predicted octanol–water partition coefficient (Wildman–Crippen LogP) is 4.37. The number of carbonyl (C=O) groups is 1. The van der Waals surface area contributed by atoms with Gasteiger partial charge in [0.05, 0.1) is 37.5 Å². The summed E-state index contributed by atoms with van der Waals surface area (Å²) in [5, 5.41) is 5.48. The summed E-state index contributed by atoms with van der Waals surface area (Å²) in [5.74, 6) is -0.951. The van der Waals surface area contributed by atoms with Crippen LogP contribution in [0.3, 0.4) is 0 Å². The molecule has 6 nitrogen and oxygen atoms in total. The number of hydrogen-bond donors (Lipinski definition) is 2. The van der Waals surface area contributed by atoms with E-state index in [0.29, 0.717) is 28.9 Å². The normalized spacial score (nSPS) is 10.3. The third-order valence-electron chi connectivity index (χ3n) is 3.86. The Labute approximate surface area is 160 Å². The van der Waals surface area contributed by atoms with E-state index in [-0.39, 0.29) is 11.4 Å². The summed E-state index contributed by atoms with van der Waals surface area (Å²) in [5.41, 5.74) is 1.22. The molecule has 0 bridgehead atoms. The molecule has 0 saturated carbocycles. The summed E-state index contributed by atoms with van der Waals surface area (Å²) in [4.78, 5) is 16.3. The van der Waals surface area contributed by atoms with E-state index in [1.807, 2.05) is 0 Å². The molecule has 144 valence electrons. The van der Waals surface area contributed by atoms with Crippen LogP contribution in [0.2, 0.25) is 0 Å². The van der Waals surface area contributed by atoms with Crippen molar-refractivity contribution in [1.29, 1.82) is 0 Å². The minimum absolute atomic E-state index is 0.0758. The van der Waals surface area contributed by atoms with Gasteiger partial charge in [-0.2, -0.15) is 0 Å². The van der Waals surface area contributed by atoms with Crippen molar-refractivity contribution in [3.8, 4) is 11.5 Å². The Kier molecular flexibility index (Phi) is 5.69. The van der Waals surface area contributed by atoms with Gasteiger partial charge in [0, 0.05) is 12.1 Å². The van der Waals surface area contributed by atoms with Gasteiger partial charge in [-0.25, -0.2) is 13.8 Å². The summed E-state index contributed by atoms with van der Waals surface area (Å²) in [7, 11) is 3.11. The largest absolute Gasteiger partial charge is 0.497 e. The van der Waals surface area contributed by atoms with E-state index in [4.69, 9.17) is 9.47 Å². The fraction of sp³-hybridized carbons (Fsp3) is 0.100. The SMILES string of the molecule is COc1ccc(OC)c(Nc2ccc(C(=O)Nc3ccc(F)cc3F)nc2)c1.